The highest BCUT2D eigenvalue weighted by molar-refractivity contribution is 5.84. The van der Waals surface area contributed by atoms with E-state index in [0.717, 1.165) is 49.4 Å². The minimum Gasteiger partial charge on any atom is -0.361 e. The van der Waals surface area contributed by atoms with E-state index in [1.54, 1.807) is 0 Å². The summed E-state index contributed by atoms with van der Waals surface area (Å²) in [4.78, 5) is 26.8. The van der Waals surface area contributed by atoms with E-state index in [1.807, 2.05) is 42.4 Å². The van der Waals surface area contributed by atoms with Crippen LogP contribution < -0.4 is 0 Å². The van der Waals surface area contributed by atoms with Gasteiger partial charge in [0.2, 0.25) is 5.91 Å². The molecule has 3 heterocycles. The molecule has 0 unspecified atom stereocenters. The summed E-state index contributed by atoms with van der Waals surface area (Å²) >= 11 is 0. The second-order valence-corrected chi connectivity index (χ2v) is 7.07. The zero-order valence-corrected chi connectivity index (χ0v) is 15.1. The third-order valence-corrected chi connectivity index (χ3v) is 5.27. The van der Waals surface area contributed by atoms with E-state index in [1.165, 1.54) is 10.9 Å². The molecule has 3 aromatic rings. The number of benzene rings is 1. The highest BCUT2D eigenvalue weighted by atomic mass is 16.2. The molecule has 26 heavy (non-hydrogen) atoms. The monoisotopic (exact) mass is 348 g/mol. The lowest BCUT2D eigenvalue weighted by Crippen LogP contribution is -2.39. The van der Waals surface area contributed by atoms with Gasteiger partial charge in [-0.15, -0.1) is 0 Å². The maximum Gasteiger partial charge on any atom is 0.222 e. The highest BCUT2D eigenvalue weighted by Crippen LogP contribution is 2.26. The number of piperidine rings is 1. The summed E-state index contributed by atoms with van der Waals surface area (Å²) in [5.41, 5.74) is 3.41. The fourth-order valence-electron chi connectivity index (χ4n) is 3.89. The van der Waals surface area contributed by atoms with Gasteiger partial charge in [-0.1, -0.05) is 18.2 Å². The number of para-hydroxylation sites is 1. The van der Waals surface area contributed by atoms with Crippen LogP contribution in [-0.2, 0) is 11.2 Å². The fraction of sp³-hybridized carbons (Fsp3) is 0.381. The average molecular weight is 348 g/mol. The number of nitrogens with one attached hydrogen (secondary N) is 1. The predicted octanol–water partition coefficient (Wildman–Crippen LogP) is 3.61. The first-order valence-electron chi connectivity index (χ1n) is 9.33. The predicted molar refractivity (Wildman–Crippen MR) is 102 cm³/mol. The lowest BCUT2D eigenvalue weighted by atomic mass is 9.94. The molecule has 134 valence electrons. The molecule has 5 nitrogen and oxygen atoms in total. The molecule has 0 radical (unpaired) electrons. The minimum absolute atomic E-state index is 0.241. The first kappa shape index (κ1) is 16.8. The van der Waals surface area contributed by atoms with Crippen LogP contribution in [0.25, 0.3) is 10.9 Å². The van der Waals surface area contributed by atoms with E-state index in [2.05, 4.69) is 27.1 Å². The van der Waals surface area contributed by atoms with Crippen molar-refractivity contribution in [3.8, 4) is 0 Å². The van der Waals surface area contributed by atoms with Crippen molar-refractivity contribution in [3.05, 3.63) is 59.8 Å². The van der Waals surface area contributed by atoms with Gasteiger partial charge in [0.1, 0.15) is 5.82 Å². The van der Waals surface area contributed by atoms with Gasteiger partial charge in [0.25, 0.3) is 0 Å². The van der Waals surface area contributed by atoms with Gasteiger partial charge in [0.05, 0.1) is 0 Å². The Balaban J connectivity index is 1.40. The van der Waals surface area contributed by atoms with Crippen LogP contribution in [0.4, 0.5) is 0 Å². The number of aromatic nitrogens is 3. The minimum atomic E-state index is 0.241. The van der Waals surface area contributed by atoms with Gasteiger partial charge < -0.3 is 9.88 Å². The fourth-order valence-corrected chi connectivity index (χ4v) is 3.89. The number of hydrogen-bond donors (Lipinski definition) is 1. The average Bonchev–Trinajstić information content (AvgIpc) is 3.09. The first-order chi connectivity index (χ1) is 12.7. The van der Waals surface area contributed by atoms with Gasteiger partial charge >= 0.3 is 0 Å². The molecule has 1 N–H and O–H groups in total. The number of carbonyl (C=O) groups excluding carboxylic acids is 1. The van der Waals surface area contributed by atoms with Crippen LogP contribution in [0.15, 0.2) is 42.7 Å². The maximum absolute atomic E-state index is 12.8. The molecule has 1 aromatic carbocycles. The molecule has 1 amide bonds. The van der Waals surface area contributed by atoms with Crippen LogP contribution in [0.1, 0.15) is 42.3 Å². The molecule has 1 atom stereocenters. The Hall–Kier alpha value is -2.69. The van der Waals surface area contributed by atoms with E-state index >= 15 is 0 Å². The molecule has 0 spiro atoms. The van der Waals surface area contributed by atoms with E-state index in [-0.39, 0.29) is 5.91 Å². The quantitative estimate of drug-likeness (QED) is 0.783. The van der Waals surface area contributed by atoms with Crippen molar-refractivity contribution < 1.29 is 4.79 Å². The second-order valence-electron chi connectivity index (χ2n) is 7.07. The van der Waals surface area contributed by atoms with Crippen LogP contribution in [0.5, 0.6) is 0 Å². The molecule has 1 fully saturated rings. The molecule has 1 aliphatic rings. The summed E-state index contributed by atoms with van der Waals surface area (Å²) < 4.78 is 0. The van der Waals surface area contributed by atoms with E-state index in [4.69, 9.17) is 0 Å². The van der Waals surface area contributed by atoms with Crippen LogP contribution in [0.2, 0.25) is 0 Å². The Morgan fingerprint density at radius 3 is 3.08 bits per heavy atom. The number of nitrogens with zero attached hydrogens (tertiary/aromatic N) is 3. The third-order valence-electron chi connectivity index (χ3n) is 5.27. The topological polar surface area (TPSA) is 61.9 Å². The Labute approximate surface area is 153 Å². The van der Waals surface area contributed by atoms with Crippen molar-refractivity contribution in [2.45, 2.75) is 38.5 Å². The number of aryl methyl sites for hydroxylation is 2. The lowest BCUT2D eigenvalue weighted by molar-refractivity contribution is -0.132. The molecular formula is C21H24N4O. The Kier molecular flexibility index (Phi) is 4.69. The number of likely N-dealkylation sites (tertiary alicyclic amines) is 1. The van der Waals surface area contributed by atoms with Crippen LogP contribution in [0.3, 0.4) is 0 Å². The number of hydrogen-bond acceptors (Lipinski definition) is 3. The van der Waals surface area contributed by atoms with Gasteiger partial charge in [-0.3, -0.25) is 4.79 Å². The Bertz CT molecular complexity index is 917. The third kappa shape index (κ3) is 3.47. The number of rotatable bonds is 4. The summed E-state index contributed by atoms with van der Waals surface area (Å²) in [6.07, 6.45) is 7.29. The van der Waals surface area contributed by atoms with Gasteiger partial charge in [-0.05, 0) is 43.9 Å². The Morgan fingerprint density at radius 1 is 1.31 bits per heavy atom. The molecule has 1 aliphatic heterocycles. The van der Waals surface area contributed by atoms with Crippen molar-refractivity contribution in [2.24, 2.45) is 0 Å². The zero-order chi connectivity index (χ0) is 17.9. The largest absolute Gasteiger partial charge is 0.361 e. The number of carbonyl (C=O) groups is 1. The number of amides is 1. The van der Waals surface area contributed by atoms with E-state index < -0.39 is 0 Å². The zero-order valence-electron chi connectivity index (χ0n) is 15.1. The van der Waals surface area contributed by atoms with Crippen LogP contribution in [0, 0.1) is 6.92 Å². The normalized spacial score (nSPS) is 17.6. The molecule has 4 rings (SSSR count). The van der Waals surface area contributed by atoms with Crippen molar-refractivity contribution in [2.75, 3.05) is 13.1 Å². The summed E-state index contributed by atoms with van der Waals surface area (Å²) in [6, 6.07) is 10.2. The molecule has 0 bridgehead atoms. The van der Waals surface area contributed by atoms with Crippen molar-refractivity contribution in [1.82, 2.24) is 19.9 Å². The van der Waals surface area contributed by atoms with Crippen molar-refractivity contribution in [3.63, 3.8) is 0 Å². The Morgan fingerprint density at radius 2 is 2.19 bits per heavy atom. The molecule has 2 aromatic heterocycles. The van der Waals surface area contributed by atoms with Gasteiger partial charge in [-0.25, -0.2) is 9.97 Å². The van der Waals surface area contributed by atoms with Crippen LogP contribution >= 0.6 is 0 Å². The second kappa shape index (κ2) is 7.28. The molecule has 0 saturated carbocycles. The molecule has 0 aliphatic carbocycles. The molecular weight excluding hydrogens is 324 g/mol. The van der Waals surface area contributed by atoms with E-state index in [9.17, 15) is 4.79 Å². The summed E-state index contributed by atoms with van der Waals surface area (Å²) in [5, 5.41) is 1.22. The maximum atomic E-state index is 12.8. The summed E-state index contributed by atoms with van der Waals surface area (Å²) in [5.74, 6) is 1.36. The van der Waals surface area contributed by atoms with Gasteiger partial charge in [0.15, 0.2) is 0 Å². The standard InChI is InChI=1S/C21H24N4O/c1-15-22-11-10-19(24-15)17-5-4-12-25(14-17)21(26)9-8-16-13-23-20-7-3-2-6-18(16)20/h2-3,6-7,10-11,13,17,23H,4-5,8-9,12,14H2,1H3/t17-/m0/s1. The SMILES string of the molecule is Cc1nccc([C@H]2CCCN(C(=O)CCc3c[nH]c4ccccc34)C2)n1. The first-order valence-corrected chi connectivity index (χ1v) is 9.33. The van der Waals surface area contributed by atoms with Crippen molar-refractivity contribution >= 4 is 16.8 Å². The number of H-pyrrole nitrogens is 1. The van der Waals surface area contributed by atoms with Crippen LogP contribution in [-0.4, -0.2) is 38.8 Å². The molecule has 5 heteroatoms. The summed E-state index contributed by atoms with van der Waals surface area (Å²) in [7, 11) is 0. The molecule has 1 saturated heterocycles. The van der Waals surface area contributed by atoms with E-state index in [0.29, 0.717) is 12.3 Å². The summed E-state index contributed by atoms with van der Waals surface area (Å²) in [6.45, 7) is 3.53. The lowest BCUT2D eigenvalue weighted by Gasteiger charge is -2.32. The van der Waals surface area contributed by atoms with Crippen molar-refractivity contribution in [1.29, 1.82) is 0 Å². The number of aromatic amines is 1. The smallest absolute Gasteiger partial charge is 0.222 e. The van der Waals surface area contributed by atoms with Gasteiger partial charge in [0, 0.05) is 54.4 Å². The highest BCUT2D eigenvalue weighted by Gasteiger charge is 2.25. The van der Waals surface area contributed by atoms with Gasteiger partial charge in [-0.2, -0.15) is 0 Å². The number of fused-ring (bicyclic) bond motifs is 1.